The number of carbonyl (C=O) groups is 2. The predicted octanol–water partition coefficient (Wildman–Crippen LogP) is 0.931. The minimum absolute atomic E-state index is 0.0341. The van der Waals surface area contributed by atoms with Gasteiger partial charge in [0.2, 0.25) is 0 Å². The van der Waals surface area contributed by atoms with Crippen molar-refractivity contribution >= 4 is 33.7 Å². The summed E-state index contributed by atoms with van der Waals surface area (Å²) >= 11 is 1.27. The van der Waals surface area contributed by atoms with E-state index in [1.165, 1.54) is 23.9 Å². The first-order valence-electron chi connectivity index (χ1n) is 5.38. The van der Waals surface area contributed by atoms with Gasteiger partial charge in [-0.3, -0.25) is 9.59 Å². The van der Waals surface area contributed by atoms with Gasteiger partial charge in [0.15, 0.2) is 0 Å². The molecule has 1 heterocycles. The highest BCUT2D eigenvalue weighted by atomic mass is 32.2. The quantitative estimate of drug-likeness (QED) is 0.802. The lowest BCUT2D eigenvalue weighted by Gasteiger charge is -2.06. The van der Waals surface area contributed by atoms with Gasteiger partial charge in [-0.15, -0.1) is 11.8 Å². The van der Waals surface area contributed by atoms with Crippen molar-refractivity contribution in [2.45, 2.75) is 16.7 Å². The van der Waals surface area contributed by atoms with Crippen molar-refractivity contribution < 1.29 is 23.1 Å². The maximum atomic E-state index is 11.5. The third-order valence-corrected chi connectivity index (χ3v) is 5.28. The Labute approximate surface area is 114 Å². The van der Waals surface area contributed by atoms with Gasteiger partial charge in [-0.05, 0) is 18.2 Å². The van der Waals surface area contributed by atoms with Gasteiger partial charge in [-0.1, -0.05) is 6.92 Å². The highest BCUT2D eigenvalue weighted by Crippen LogP contribution is 2.28. The Morgan fingerprint density at radius 2 is 2.16 bits per heavy atom. The van der Waals surface area contributed by atoms with Gasteiger partial charge in [-0.25, -0.2) is 13.1 Å². The molecule has 1 amide bonds. The molecule has 0 aromatic heterocycles. The average Bonchev–Trinajstić information content (AvgIpc) is 2.56. The van der Waals surface area contributed by atoms with E-state index in [-0.39, 0.29) is 10.5 Å². The Morgan fingerprint density at radius 1 is 1.47 bits per heavy atom. The number of sulfonamides is 1. The van der Waals surface area contributed by atoms with Gasteiger partial charge in [0, 0.05) is 10.6 Å². The summed E-state index contributed by atoms with van der Waals surface area (Å²) in [4.78, 5) is 22.8. The van der Waals surface area contributed by atoms with Crippen molar-refractivity contribution in [3.8, 4) is 0 Å². The molecule has 1 aromatic carbocycles. The van der Waals surface area contributed by atoms with Crippen molar-refractivity contribution in [3.63, 3.8) is 0 Å². The monoisotopic (exact) mass is 301 g/mol. The van der Waals surface area contributed by atoms with Crippen LogP contribution in [-0.2, 0) is 14.8 Å². The fourth-order valence-electron chi connectivity index (χ4n) is 1.54. The standard InChI is InChI=1S/C11H11NO5S2/c1-6(11(14)15)5-18-7-2-3-9-8(4-7)10(13)12-19(9,16)17/h2-4,6H,5H2,1H3,(H,12,13)(H,14,15). The average molecular weight is 301 g/mol. The zero-order valence-electron chi connectivity index (χ0n) is 9.91. The number of hydrogen-bond acceptors (Lipinski definition) is 5. The van der Waals surface area contributed by atoms with Gasteiger partial charge in [0.25, 0.3) is 15.9 Å². The number of thioether (sulfide) groups is 1. The molecule has 0 fully saturated rings. The minimum atomic E-state index is -3.72. The van der Waals surface area contributed by atoms with Crippen LogP contribution in [0.15, 0.2) is 28.0 Å². The fourth-order valence-corrected chi connectivity index (χ4v) is 3.64. The molecule has 1 aliphatic heterocycles. The number of benzene rings is 1. The molecule has 0 radical (unpaired) electrons. The summed E-state index contributed by atoms with van der Waals surface area (Å²) in [5.41, 5.74) is 0.105. The zero-order valence-corrected chi connectivity index (χ0v) is 11.5. The fraction of sp³-hybridized carbons (Fsp3) is 0.273. The van der Waals surface area contributed by atoms with Crippen molar-refractivity contribution in [1.29, 1.82) is 0 Å². The molecule has 6 nitrogen and oxygen atoms in total. The molecule has 0 bridgehead atoms. The number of hydrogen-bond donors (Lipinski definition) is 2. The first-order valence-corrected chi connectivity index (χ1v) is 7.85. The Hall–Kier alpha value is -1.54. The second-order valence-electron chi connectivity index (χ2n) is 4.14. The molecule has 1 aliphatic rings. The first kappa shape index (κ1) is 13.9. The van der Waals surface area contributed by atoms with Gasteiger partial charge in [0.05, 0.1) is 11.5 Å². The minimum Gasteiger partial charge on any atom is -0.481 e. The normalized spacial score (nSPS) is 17.6. The second-order valence-corrected chi connectivity index (χ2v) is 6.89. The molecule has 1 aromatic rings. The Morgan fingerprint density at radius 3 is 2.79 bits per heavy atom. The van der Waals surface area contributed by atoms with Gasteiger partial charge >= 0.3 is 5.97 Å². The molecule has 0 aliphatic carbocycles. The lowest BCUT2D eigenvalue weighted by molar-refractivity contribution is -0.140. The van der Waals surface area contributed by atoms with Crippen LogP contribution < -0.4 is 4.72 Å². The zero-order chi connectivity index (χ0) is 14.2. The summed E-state index contributed by atoms with van der Waals surface area (Å²) < 4.78 is 24.9. The lowest BCUT2D eigenvalue weighted by atomic mass is 10.2. The first-order chi connectivity index (χ1) is 8.81. The number of aliphatic carboxylic acids is 1. The highest BCUT2D eigenvalue weighted by molar-refractivity contribution is 7.99. The Kier molecular flexibility index (Phi) is 3.55. The molecule has 1 atom stereocenters. The van der Waals surface area contributed by atoms with E-state index in [1.807, 2.05) is 4.72 Å². The number of fused-ring (bicyclic) bond motifs is 1. The highest BCUT2D eigenvalue weighted by Gasteiger charge is 2.32. The van der Waals surface area contributed by atoms with E-state index in [9.17, 15) is 18.0 Å². The van der Waals surface area contributed by atoms with Gasteiger partial charge < -0.3 is 5.11 Å². The lowest BCUT2D eigenvalue weighted by Crippen LogP contribution is -2.20. The van der Waals surface area contributed by atoms with Gasteiger partial charge in [0.1, 0.15) is 4.90 Å². The number of rotatable bonds is 4. The number of carboxylic acids is 1. The maximum Gasteiger partial charge on any atom is 0.307 e. The van der Waals surface area contributed by atoms with Crippen LogP contribution in [0.5, 0.6) is 0 Å². The van der Waals surface area contributed by atoms with Crippen molar-refractivity contribution in [3.05, 3.63) is 23.8 Å². The summed E-state index contributed by atoms with van der Waals surface area (Å²) in [6, 6.07) is 4.39. The van der Waals surface area contributed by atoms with E-state index in [2.05, 4.69) is 0 Å². The SMILES string of the molecule is CC(CSc1ccc2c(c1)C(=O)NS2(=O)=O)C(=O)O. The molecule has 2 rings (SSSR count). The van der Waals surface area contributed by atoms with Crippen LogP contribution in [-0.4, -0.2) is 31.2 Å². The van der Waals surface area contributed by atoms with E-state index in [0.29, 0.717) is 10.6 Å². The number of amides is 1. The summed E-state index contributed by atoms with van der Waals surface area (Å²) in [6.07, 6.45) is 0. The predicted molar refractivity (Wildman–Crippen MR) is 68.6 cm³/mol. The topological polar surface area (TPSA) is 101 Å². The molecule has 102 valence electrons. The summed E-state index contributed by atoms with van der Waals surface area (Å²) in [5.74, 6) is -1.71. The largest absolute Gasteiger partial charge is 0.481 e. The van der Waals surface area contributed by atoms with Crippen LogP contribution in [0.2, 0.25) is 0 Å². The van der Waals surface area contributed by atoms with Crippen molar-refractivity contribution in [2.75, 3.05) is 5.75 Å². The molecule has 2 N–H and O–H groups in total. The molecule has 0 saturated carbocycles. The van der Waals surface area contributed by atoms with Crippen LogP contribution in [0.1, 0.15) is 17.3 Å². The van der Waals surface area contributed by atoms with E-state index < -0.39 is 27.8 Å². The van der Waals surface area contributed by atoms with Crippen LogP contribution in [0.3, 0.4) is 0 Å². The van der Waals surface area contributed by atoms with Crippen molar-refractivity contribution in [2.24, 2.45) is 5.92 Å². The third kappa shape index (κ3) is 2.74. The molecule has 8 heteroatoms. The van der Waals surface area contributed by atoms with E-state index in [0.717, 1.165) is 0 Å². The van der Waals surface area contributed by atoms with Crippen LogP contribution in [0.25, 0.3) is 0 Å². The summed E-state index contributed by atoms with van der Waals surface area (Å²) in [6.45, 7) is 1.58. The molecule has 19 heavy (non-hydrogen) atoms. The maximum absolute atomic E-state index is 11.5. The smallest absolute Gasteiger partial charge is 0.307 e. The third-order valence-electron chi connectivity index (χ3n) is 2.63. The van der Waals surface area contributed by atoms with Crippen LogP contribution >= 0.6 is 11.8 Å². The van der Waals surface area contributed by atoms with Crippen molar-refractivity contribution in [1.82, 2.24) is 4.72 Å². The number of nitrogens with one attached hydrogen (secondary N) is 1. The van der Waals surface area contributed by atoms with E-state index in [1.54, 1.807) is 13.0 Å². The second kappa shape index (κ2) is 4.86. The number of carboxylic acid groups (broad SMARTS) is 1. The molecular weight excluding hydrogens is 290 g/mol. The molecule has 0 spiro atoms. The van der Waals surface area contributed by atoms with Crippen LogP contribution in [0, 0.1) is 5.92 Å². The van der Waals surface area contributed by atoms with Crippen LogP contribution in [0.4, 0.5) is 0 Å². The summed E-state index contributed by atoms with van der Waals surface area (Å²) in [7, 11) is -3.72. The van der Waals surface area contributed by atoms with Gasteiger partial charge in [-0.2, -0.15) is 0 Å². The number of carbonyl (C=O) groups excluding carboxylic acids is 1. The van der Waals surface area contributed by atoms with E-state index in [4.69, 9.17) is 5.11 Å². The molecule has 0 saturated heterocycles. The molecular formula is C11H11NO5S2. The van der Waals surface area contributed by atoms with E-state index >= 15 is 0 Å². The molecule has 1 unspecified atom stereocenters. The summed E-state index contributed by atoms with van der Waals surface area (Å²) in [5, 5.41) is 8.77. The Balaban J connectivity index is 2.21. The Bertz CT molecular complexity index is 653.